The van der Waals surface area contributed by atoms with Gasteiger partial charge in [-0.1, -0.05) is 74.7 Å². The number of alkyl carbamates (subject to hydrolysis) is 1. The van der Waals surface area contributed by atoms with Crippen molar-refractivity contribution >= 4 is 18.0 Å². The highest BCUT2D eigenvalue weighted by Crippen LogP contribution is 2.44. The fraction of sp³-hybridized carbons (Fsp3) is 0.444. The van der Waals surface area contributed by atoms with Gasteiger partial charge in [0.2, 0.25) is 5.91 Å². The van der Waals surface area contributed by atoms with Crippen LogP contribution < -0.4 is 10.6 Å². The second-order valence-electron chi connectivity index (χ2n) is 9.33. The molecular weight excluding hydrogens is 432 g/mol. The number of hydrogen-bond donors (Lipinski definition) is 3. The first-order valence-corrected chi connectivity index (χ1v) is 12.1. The first-order valence-electron chi connectivity index (χ1n) is 12.1. The van der Waals surface area contributed by atoms with E-state index in [2.05, 4.69) is 34.9 Å². The number of carbonyl (C=O) groups excluding carboxylic acids is 2. The molecular formula is C27H32N2O5. The molecule has 0 radical (unpaired) electrons. The number of benzene rings is 2. The first-order chi connectivity index (χ1) is 16.4. The lowest BCUT2D eigenvalue weighted by atomic mass is 9.79. The molecule has 0 unspecified atom stereocenters. The molecule has 7 nitrogen and oxygen atoms in total. The van der Waals surface area contributed by atoms with Gasteiger partial charge in [-0.25, -0.2) is 9.59 Å². The van der Waals surface area contributed by atoms with Crippen molar-refractivity contribution in [2.45, 2.75) is 69.4 Å². The van der Waals surface area contributed by atoms with Crippen molar-refractivity contribution in [3.8, 4) is 11.1 Å². The van der Waals surface area contributed by atoms with Crippen LogP contribution in [0.25, 0.3) is 11.1 Å². The number of amides is 2. The zero-order valence-corrected chi connectivity index (χ0v) is 19.5. The van der Waals surface area contributed by atoms with Crippen LogP contribution in [0.3, 0.4) is 0 Å². The number of carboxylic acids is 1. The summed E-state index contributed by atoms with van der Waals surface area (Å²) in [6.45, 7) is 1.92. The van der Waals surface area contributed by atoms with Crippen LogP contribution in [0.4, 0.5) is 4.79 Å². The Kier molecular flexibility index (Phi) is 7.20. The van der Waals surface area contributed by atoms with Gasteiger partial charge in [0.05, 0.1) is 5.54 Å². The molecule has 2 aromatic carbocycles. The summed E-state index contributed by atoms with van der Waals surface area (Å²) in [6, 6.07) is 15.4. The Labute approximate surface area is 199 Å². The maximum Gasteiger partial charge on any atom is 0.407 e. The van der Waals surface area contributed by atoms with Crippen molar-refractivity contribution in [1.29, 1.82) is 0 Å². The quantitative estimate of drug-likeness (QED) is 0.530. The molecule has 34 heavy (non-hydrogen) atoms. The van der Waals surface area contributed by atoms with E-state index in [1.54, 1.807) is 6.92 Å². The molecule has 2 aliphatic carbocycles. The molecule has 2 amide bonds. The molecule has 1 atom stereocenters. The van der Waals surface area contributed by atoms with Gasteiger partial charge < -0.3 is 20.5 Å². The van der Waals surface area contributed by atoms with Crippen LogP contribution in [0, 0.1) is 0 Å². The Balaban J connectivity index is 1.42. The van der Waals surface area contributed by atoms with Gasteiger partial charge in [0.15, 0.2) is 0 Å². The zero-order valence-electron chi connectivity index (χ0n) is 19.5. The number of rotatable bonds is 8. The normalized spacial score (nSPS) is 17.2. The van der Waals surface area contributed by atoms with Crippen molar-refractivity contribution in [3.05, 3.63) is 59.7 Å². The van der Waals surface area contributed by atoms with E-state index in [4.69, 9.17) is 4.74 Å². The molecule has 180 valence electrons. The molecule has 3 N–H and O–H groups in total. The van der Waals surface area contributed by atoms with Gasteiger partial charge >= 0.3 is 12.1 Å². The van der Waals surface area contributed by atoms with Crippen molar-refractivity contribution < 1.29 is 24.2 Å². The lowest BCUT2D eigenvalue weighted by Gasteiger charge is -2.37. The molecule has 2 aromatic rings. The fourth-order valence-electron chi connectivity index (χ4n) is 5.32. The Morgan fingerprint density at radius 3 is 2.15 bits per heavy atom. The van der Waals surface area contributed by atoms with Gasteiger partial charge in [-0.15, -0.1) is 0 Å². The average molecular weight is 465 g/mol. The maximum atomic E-state index is 12.9. The SMILES string of the molecule is CC[C@@H](NC(=O)CC1(NC(=O)OCC2c3ccccc3-c3ccccc32)CCCCC1)C(=O)O. The molecule has 2 aliphatic rings. The van der Waals surface area contributed by atoms with Crippen molar-refractivity contribution in [2.75, 3.05) is 6.61 Å². The Morgan fingerprint density at radius 1 is 1.00 bits per heavy atom. The molecule has 1 fully saturated rings. The van der Waals surface area contributed by atoms with E-state index in [0.29, 0.717) is 19.3 Å². The largest absolute Gasteiger partial charge is 0.480 e. The van der Waals surface area contributed by atoms with Crippen LogP contribution in [-0.2, 0) is 14.3 Å². The van der Waals surface area contributed by atoms with Gasteiger partial charge in [0.25, 0.3) is 0 Å². The minimum Gasteiger partial charge on any atom is -0.480 e. The molecule has 1 saturated carbocycles. The van der Waals surface area contributed by atoms with E-state index in [-0.39, 0.29) is 24.9 Å². The lowest BCUT2D eigenvalue weighted by molar-refractivity contribution is -0.142. The van der Waals surface area contributed by atoms with Crippen LogP contribution in [-0.4, -0.2) is 41.3 Å². The number of hydrogen-bond acceptors (Lipinski definition) is 4. The van der Waals surface area contributed by atoms with Crippen LogP contribution in [0.1, 0.15) is 68.9 Å². The Hall–Kier alpha value is -3.35. The van der Waals surface area contributed by atoms with Gasteiger partial charge in [0, 0.05) is 12.3 Å². The van der Waals surface area contributed by atoms with Crippen molar-refractivity contribution in [2.24, 2.45) is 0 Å². The molecule has 7 heteroatoms. The Morgan fingerprint density at radius 2 is 1.59 bits per heavy atom. The highest BCUT2D eigenvalue weighted by atomic mass is 16.5. The highest BCUT2D eigenvalue weighted by Gasteiger charge is 2.37. The summed E-state index contributed by atoms with van der Waals surface area (Å²) in [5, 5.41) is 14.8. The third-order valence-electron chi connectivity index (χ3n) is 7.06. The van der Waals surface area contributed by atoms with Gasteiger partial charge in [-0.3, -0.25) is 4.79 Å². The number of carbonyl (C=O) groups is 3. The second kappa shape index (κ2) is 10.3. The molecule has 0 heterocycles. The number of fused-ring (bicyclic) bond motifs is 3. The maximum absolute atomic E-state index is 12.9. The van der Waals surface area contributed by atoms with E-state index in [9.17, 15) is 19.5 Å². The second-order valence-corrected chi connectivity index (χ2v) is 9.33. The fourth-order valence-corrected chi connectivity index (χ4v) is 5.32. The number of nitrogens with one attached hydrogen (secondary N) is 2. The van der Waals surface area contributed by atoms with E-state index in [0.717, 1.165) is 41.5 Å². The third-order valence-corrected chi connectivity index (χ3v) is 7.06. The highest BCUT2D eigenvalue weighted by molar-refractivity contribution is 5.84. The summed E-state index contributed by atoms with van der Waals surface area (Å²) in [5.41, 5.74) is 3.89. The zero-order chi connectivity index (χ0) is 24.1. The van der Waals surface area contributed by atoms with E-state index in [1.165, 1.54) is 0 Å². The van der Waals surface area contributed by atoms with E-state index < -0.39 is 23.6 Å². The first kappa shape index (κ1) is 23.8. The topological polar surface area (TPSA) is 105 Å². The predicted molar refractivity (Wildman–Crippen MR) is 128 cm³/mol. The lowest BCUT2D eigenvalue weighted by Crippen LogP contribution is -2.54. The molecule has 0 aliphatic heterocycles. The third kappa shape index (κ3) is 5.08. The smallest absolute Gasteiger partial charge is 0.407 e. The monoisotopic (exact) mass is 464 g/mol. The van der Waals surface area contributed by atoms with Gasteiger partial charge in [-0.2, -0.15) is 0 Å². The molecule has 0 bridgehead atoms. The van der Waals surface area contributed by atoms with Crippen LogP contribution in [0.15, 0.2) is 48.5 Å². The average Bonchev–Trinajstić information content (AvgIpc) is 3.15. The summed E-state index contributed by atoms with van der Waals surface area (Å²) in [5.74, 6) is -1.46. The molecule has 4 rings (SSSR count). The van der Waals surface area contributed by atoms with Crippen LogP contribution in [0.5, 0.6) is 0 Å². The summed E-state index contributed by atoms with van der Waals surface area (Å²) >= 11 is 0. The number of aliphatic carboxylic acids is 1. The summed E-state index contributed by atoms with van der Waals surface area (Å²) in [7, 11) is 0. The standard InChI is InChI=1S/C27H32N2O5/c1-2-23(25(31)32)28-24(30)16-27(14-8-3-9-15-27)29-26(33)34-17-22-20-12-6-4-10-18(20)19-11-5-7-13-21(19)22/h4-7,10-13,22-23H,2-3,8-9,14-17H2,1H3,(H,28,30)(H,29,33)(H,31,32)/t23-/m1/s1. The minimum atomic E-state index is -1.06. The summed E-state index contributed by atoms with van der Waals surface area (Å²) in [4.78, 5) is 36.9. The van der Waals surface area contributed by atoms with Crippen LogP contribution in [0.2, 0.25) is 0 Å². The molecule has 0 aromatic heterocycles. The summed E-state index contributed by atoms with van der Waals surface area (Å²) < 4.78 is 5.71. The van der Waals surface area contributed by atoms with E-state index in [1.807, 2.05) is 24.3 Å². The molecule has 0 saturated heterocycles. The molecule has 0 spiro atoms. The van der Waals surface area contributed by atoms with Crippen LogP contribution >= 0.6 is 0 Å². The summed E-state index contributed by atoms with van der Waals surface area (Å²) in [6.07, 6.45) is 3.96. The van der Waals surface area contributed by atoms with Gasteiger partial charge in [0.1, 0.15) is 12.6 Å². The van der Waals surface area contributed by atoms with E-state index >= 15 is 0 Å². The van der Waals surface area contributed by atoms with Crippen molar-refractivity contribution in [1.82, 2.24) is 10.6 Å². The van der Waals surface area contributed by atoms with Crippen molar-refractivity contribution in [3.63, 3.8) is 0 Å². The van der Waals surface area contributed by atoms with Gasteiger partial charge in [-0.05, 0) is 41.5 Å². The number of ether oxygens (including phenoxy) is 1. The predicted octanol–water partition coefficient (Wildman–Crippen LogP) is 4.60. The Bertz CT molecular complexity index is 1010. The minimum absolute atomic E-state index is 0.0374. The number of carboxylic acid groups (broad SMARTS) is 1.